The smallest absolute Gasteiger partial charge is 0.429 e. The molecular weight excluding hydrogens is 437 g/mol. The normalized spacial score (nSPS) is 13.2. The molecule has 0 saturated heterocycles. The van der Waals surface area contributed by atoms with Crippen molar-refractivity contribution in [3.8, 4) is 5.88 Å². The number of ether oxygens (including phenoxy) is 1. The van der Waals surface area contributed by atoms with Gasteiger partial charge in [0.2, 0.25) is 21.9 Å². The van der Waals surface area contributed by atoms with Gasteiger partial charge in [0.15, 0.2) is 12.4 Å². The van der Waals surface area contributed by atoms with Gasteiger partial charge in [-0.1, -0.05) is 25.5 Å². The molecule has 0 aliphatic heterocycles. The molecule has 0 saturated carbocycles. The van der Waals surface area contributed by atoms with Gasteiger partial charge in [0.1, 0.15) is 0 Å². The van der Waals surface area contributed by atoms with E-state index >= 15 is 0 Å². The van der Waals surface area contributed by atoms with Crippen LogP contribution in [0, 0.1) is 5.21 Å². The number of sulfonamides is 1. The van der Waals surface area contributed by atoms with E-state index in [1.807, 2.05) is 0 Å². The number of unbranched alkanes of at least 4 members (excludes halogenated alkanes) is 1. The third-order valence-electron chi connectivity index (χ3n) is 4.21. The molecule has 2 aromatic heterocycles. The molecule has 8 nitrogen and oxygen atoms in total. The number of aromatic nitrogens is 3. The minimum atomic E-state index is -4.87. The van der Waals surface area contributed by atoms with Crippen LogP contribution in [-0.4, -0.2) is 30.3 Å². The zero-order valence-electron chi connectivity index (χ0n) is 16.3. The Morgan fingerprint density at radius 3 is 2.32 bits per heavy atom. The van der Waals surface area contributed by atoms with Crippen LogP contribution in [0.3, 0.4) is 0 Å². The summed E-state index contributed by atoms with van der Waals surface area (Å²) in [5, 5.41) is 11.2. The summed E-state index contributed by atoms with van der Waals surface area (Å²) in [6.07, 6.45) is -4.60. The van der Waals surface area contributed by atoms with E-state index in [2.05, 4.69) is 14.7 Å². The van der Waals surface area contributed by atoms with Gasteiger partial charge in [0.05, 0.1) is 16.8 Å². The van der Waals surface area contributed by atoms with E-state index in [-0.39, 0.29) is 22.3 Å². The summed E-state index contributed by atoms with van der Waals surface area (Å²) in [5.41, 5.74) is 0.147. The zero-order valence-corrected chi connectivity index (χ0v) is 17.2. The van der Waals surface area contributed by atoms with Crippen molar-refractivity contribution in [2.45, 2.75) is 32.0 Å². The Bertz CT molecular complexity index is 1160. The highest BCUT2D eigenvalue weighted by molar-refractivity contribution is 7.92. The molecular formula is C19H19F3N4O4S. The highest BCUT2D eigenvalue weighted by atomic mass is 32.2. The quantitative estimate of drug-likeness (QED) is 0.411. The molecule has 12 heteroatoms. The molecule has 2 heterocycles. The maximum Gasteiger partial charge on any atom is 0.429 e. The van der Waals surface area contributed by atoms with Crippen LogP contribution in [-0.2, 0) is 10.0 Å². The van der Waals surface area contributed by atoms with E-state index < -0.39 is 34.0 Å². The summed E-state index contributed by atoms with van der Waals surface area (Å²) in [6.45, 7) is 1.80. The lowest BCUT2D eigenvalue weighted by molar-refractivity contribution is -0.605. The van der Waals surface area contributed by atoms with Crippen molar-refractivity contribution in [1.82, 2.24) is 9.97 Å². The van der Waals surface area contributed by atoms with Crippen LogP contribution >= 0.6 is 0 Å². The average Bonchev–Trinajstić information content (AvgIpc) is 2.70. The summed E-state index contributed by atoms with van der Waals surface area (Å²) < 4.78 is 73.6. The fourth-order valence-corrected chi connectivity index (χ4v) is 3.90. The average molecular weight is 456 g/mol. The van der Waals surface area contributed by atoms with Gasteiger partial charge in [-0.05, 0) is 18.6 Å². The van der Waals surface area contributed by atoms with Crippen molar-refractivity contribution in [1.29, 1.82) is 0 Å². The Morgan fingerprint density at radius 2 is 1.74 bits per heavy atom. The molecule has 0 aliphatic rings. The number of nitrogens with one attached hydrogen (secondary N) is 1. The fourth-order valence-electron chi connectivity index (χ4n) is 2.70. The fraction of sp³-hybridized carbons (Fsp3) is 0.316. The summed E-state index contributed by atoms with van der Waals surface area (Å²) >= 11 is 0. The number of pyridine rings is 1. The molecule has 3 aromatic rings. The van der Waals surface area contributed by atoms with E-state index in [9.17, 15) is 26.8 Å². The second-order valence-electron chi connectivity index (χ2n) is 6.67. The second kappa shape index (κ2) is 8.92. The number of hydrogen-bond acceptors (Lipinski definition) is 6. The van der Waals surface area contributed by atoms with Gasteiger partial charge in [-0.15, -0.1) is 0 Å². The first-order valence-corrected chi connectivity index (χ1v) is 10.9. The minimum absolute atomic E-state index is 0.223. The van der Waals surface area contributed by atoms with Gasteiger partial charge < -0.3 is 9.94 Å². The van der Waals surface area contributed by atoms with Crippen molar-refractivity contribution < 1.29 is 31.1 Å². The van der Waals surface area contributed by atoms with Gasteiger partial charge >= 0.3 is 6.18 Å². The second-order valence-corrected chi connectivity index (χ2v) is 8.51. The van der Waals surface area contributed by atoms with Gasteiger partial charge in [-0.2, -0.15) is 17.9 Å². The predicted molar refractivity (Wildman–Crippen MR) is 107 cm³/mol. The molecule has 1 unspecified atom stereocenters. The first kappa shape index (κ1) is 22.5. The Hall–Kier alpha value is -3.15. The predicted octanol–water partition coefficient (Wildman–Crippen LogP) is 3.49. The lowest BCUT2D eigenvalue weighted by atomic mass is 10.1. The summed E-state index contributed by atoms with van der Waals surface area (Å²) in [7, 11) is -3.89. The third kappa shape index (κ3) is 5.72. The van der Waals surface area contributed by atoms with Gasteiger partial charge in [0.25, 0.3) is 5.88 Å². The van der Waals surface area contributed by atoms with Crippen molar-refractivity contribution in [3.05, 3.63) is 59.6 Å². The summed E-state index contributed by atoms with van der Waals surface area (Å²) in [5.74, 6) is -1.30. The molecule has 166 valence electrons. The van der Waals surface area contributed by atoms with Crippen LogP contribution in [0.25, 0.3) is 11.0 Å². The summed E-state index contributed by atoms with van der Waals surface area (Å²) in [4.78, 5) is 8.17. The topological polar surface area (TPSA) is 108 Å². The van der Waals surface area contributed by atoms with Gasteiger partial charge in [-0.25, -0.2) is 18.4 Å². The molecule has 1 N–H and O–H groups in total. The molecule has 0 amide bonds. The van der Waals surface area contributed by atoms with E-state index in [0.29, 0.717) is 17.6 Å². The Balaban J connectivity index is 2.06. The van der Waals surface area contributed by atoms with Gasteiger partial charge in [-0.3, -0.25) is 4.72 Å². The number of halogens is 3. The zero-order chi connectivity index (χ0) is 22.6. The number of anilines is 1. The lowest BCUT2D eigenvalue weighted by Gasteiger charge is -2.22. The molecule has 1 aromatic carbocycles. The summed E-state index contributed by atoms with van der Waals surface area (Å²) in [6, 6.07) is 8.22. The molecule has 0 bridgehead atoms. The highest BCUT2D eigenvalue weighted by Gasteiger charge is 2.44. The lowest BCUT2D eigenvalue weighted by Crippen LogP contribution is -2.30. The Kier molecular flexibility index (Phi) is 6.48. The van der Waals surface area contributed by atoms with Crippen molar-refractivity contribution in [3.63, 3.8) is 0 Å². The molecule has 0 spiro atoms. The third-order valence-corrected chi connectivity index (χ3v) is 5.55. The first-order valence-electron chi connectivity index (χ1n) is 9.28. The van der Waals surface area contributed by atoms with E-state index in [1.165, 1.54) is 6.07 Å². The van der Waals surface area contributed by atoms with Crippen LogP contribution in [0.2, 0.25) is 0 Å². The van der Waals surface area contributed by atoms with Crippen LogP contribution in [0.5, 0.6) is 5.88 Å². The van der Waals surface area contributed by atoms with E-state index in [4.69, 9.17) is 4.74 Å². The minimum Gasteiger partial charge on any atom is -0.619 e. The molecule has 0 fully saturated rings. The van der Waals surface area contributed by atoms with E-state index in [1.54, 1.807) is 25.1 Å². The van der Waals surface area contributed by atoms with Crippen LogP contribution in [0.1, 0.15) is 31.4 Å². The maximum absolute atomic E-state index is 13.7. The van der Waals surface area contributed by atoms with Crippen molar-refractivity contribution in [2.24, 2.45) is 0 Å². The number of para-hydroxylation sites is 2. The van der Waals surface area contributed by atoms with Crippen molar-refractivity contribution >= 4 is 26.9 Å². The standard InChI is InChI=1S/C19H19F3N4O4S/c1-2-3-12-31(28,29)25-17-18(24-15-7-5-4-6-14(15)23-17)30-16(19(20,21)22)13-8-10-26(27)11-9-13/h4-11,16H,2-3,12H2,1H3,(H,23,25). The van der Waals surface area contributed by atoms with Crippen LogP contribution in [0.15, 0.2) is 48.8 Å². The Labute approximate surface area is 176 Å². The first-order chi connectivity index (χ1) is 14.6. The van der Waals surface area contributed by atoms with Crippen LogP contribution in [0.4, 0.5) is 19.0 Å². The number of benzene rings is 1. The molecule has 1 atom stereocenters. The van der Waals surface area contributed by atoms with Crippen molar-refractivity contribution in [2.75, 3.05) is 10.5 Å². The number of hydrogen-bond donors (Lipinski definition) is 1. The molecule has 0 radical (unpaired) electrons. The Morgan fingerprint density at radius 1 is 1.13 bits per heavy atom. The maximum atomic E-state index is 13.7. The number of fused-ring (bicyclic) bond motifs is 1. The highest BCUT2D eigenvalue weighted by Crippen LogP contribution is 2.38. The van der Waals surface area contributed by atoms with E-state index in [0.717, 1.165) is 24.5 Å². The number of rotatable bonds is 8. The number of alkyl halides is 3. The SMILES string of the molecule is CCCCS(=O)(=O)Nc1nc2ccccc2nc1OC(c1cc[n+]([O-])cc1)C(F)(F)F. The molecule has 31 heavy (non-hydrogen) atoms. The monoisotopic (exact) mass is 456 g/mol. The largest absolute Gasteiger partial charge is 0.619 e. The molecule has 0 aliphatic carbocycles. The van der Waals surface area contributed by atoms with Crippen LogP contribution < -0.4 is 14.2 Å². The van der Waals surface area contributed by atoms with Gasteiger partial charge in [0, 0.05) is 17.7 Å². The molecule has 3 rings (SSSR count). The number of nitrogens with zero attached hydrogens (tertiary/aromatic N) is 3.